The van der Waals surface area contributed by atoms with E-state index in [1.165, 1.54) is 15.3 Å². The Morgan fingerprint density at radius 2 is 1.79 bits per heavy atom. The molecule has 3 N–H and O–H groups in total. The molecule has 1 aromatic carbocycles. The van der Waals surface area contributed by atoms with E-state index < -0.39 is 0 Å². The highest BCUT2D eigenvalue weighted by molar-refractivity contribution is 7.15. The second-order valence-corrected chi connectivity index (χ2v) is 10.7. The molecule has 0 aliphatic rings. The summed E-state index contributed by atoms with van der Waals surface area (Å²) >= 11 is 1.75. The highest BCUT2D eigenvalue weighted by Crippen LogP contribution is 2.34. The van der Waals surface area contributed by atoms with Crippen LogP contribution in [0.15, 0.2) is 85.5 Å². The zero-order valence-corrected chi connectivity index (χ0v) is 22.0. The number of aromatic nitrogens is 7. The number of benzene rings is 1. The fraction of sp³-hybridized carbons (Fsp3) is 0.100. The fourth-order valence-electron chi connectivity index (χ4n) is 4.73. The SMILES string of the molecule is Cc1ccc(-c2ccnc3nc(-c4n[nH]c5cnc(-c6cncc(CNCc7ccccc7)c6)cc45)[nH]c23)s1. The van der Waals surface area contributed by atoms with E-state index in [0.717, 1.165) is 51.0 Å². The Morgan fingerprint density at radius 1 is 0.897 bits per heavy atom. The predicted octanol–water partition coefficient (Wildman–Crippen LogP) is 6.28. The number of fused-ring (bicyclic) bond motifs is 2. The molecular weight excluding hydrogens is 504 g/mol. The molecular formula is C30H24N8S. The van der Waals surface area contributed by atoms with Crippen molar-refractivity contribution in [1.29, 1.82) is 0 Å². The van der Waals surface area contributed by atoms with Gasteiger partial charge in [-0.15, -0.1) is 11.3 Å². The lowest BCUT2D eigenvalue weighted by molar-refractivity contribution is 0.691. The van der Waals surface area contributed by atoms with Crippen molar-refractivity contribution in [1.82, 2.24) is 40.4 Å². The standard InChI is InChI=1S/C30H24N8S/c1-18-7-8-26(39-18)22-9-10-33-29-27(22)35-30(36-29)28-23-12-24(34-17-25(23)37-38-28)21-11-20(15-32-16-21)14-31-13-19-5-3-2-4-6-19/h2-12,15-17,31H,13-14H2,1H3,(H,37,38)(H,33,35,36). The van der Waals surface area contributed by atoms with Gasteiger partial charge in [0.1, 0.15) is 5.69 Å². The van der Waals surface area contributed by atoms with Gasteiger partial charge in [0.2, 0.25) is 0 Å². The molecule has 0 bridgehead atoms. The summed E-state index contributed by atoms with van der Waals surface area (Å²) in [5.41, 5.74) is 8.34. The third-order valence-electron chi connectivity index (χ3n) is 6.66. The number of H-pyrrole nitrogens is 2. The molecule has 0 fully saturated rings. The van der Waals surface area contributed by atoms with Crippen LogP contribution in [0.3, 0.4) is 0 Å². The highest BCUT2D eigenvalue weighted by Gasteiger charge is 2.17. The number of hydrogen-bond acceptors (Lipinski definition) is 7. The Morgan fingerprint density at radius 3 is 2.67 bits per heavy atom. The lowest BCUT2D eigenvalue weighted by atomic mass is 10.1. The molecule has 0 aliphatic heterocycles. The minimum atomic E-state index is 0.665. The second-order valence-electron chi connectivity index (χ2n) is 9.41. The quantitative estimate of drug-likeness (QED) is 0.225. The van der Waals surface area contributed by atoms with Crippen LogP contribution in [0.2, 0.25) is 0 Å². The maximum atomic E-state index is 4.79. The van der Waals surface area contributed by atoms with Crippen LogP contribution in [0.1, 0.15) is 16.0 Å². The molecule has 6 heterocycles. The third-order valence-corrected chi connectivity index (χ3v) is 7.70. The van der Waals surface area contributed by atoms with Crippen LogP contribution >= 0.6 is 11.3 Å². The largest absolute Gasteiger partial charge is 0.335 e. The van der Waals surface area contributed by atoms with Crippen LogP contribution in [0.5, 0.6) is 0 Å². The number of aryl methyl sites for hydroxylation is 1. The fourth-order valence-corrected chi connectivity index (χ4v) is 5.63. The summed E-state index contributed by atoms with van der Waals surface area (Å²) in [4.78, 5) is 24.4. The van der Waals surface area contributed by atoms with Crippen molar-refractivity contribution in [3.8, 4) is 33.2 Å². The summed E-state index contributed by atoms with van der Waals surface area (Å²) in [6, 6.07) is 20.8. The first-order valence-electron chi connectivity index (χ1n) is 12.7. The van der Waals surface area contributed by atoms with Gasteiger partial charge in [-0.1, -0.05) is 30.3 Å². The van der Waals surface area contributed by atoms with Gasteiger partial charge in [0.15, 0.2) is 11.5 Å². The summed E-state index contributed by atoms with van der Waals surface area (Å²) in [6.07, 6.45) is 7.34. The Kier molecular flexibility index (Phi) is 5.92. The first-order chi connectivity index (χ1) is 19.2. The molecule has 0 saturated heterocycles. The van der Waals surface area contributed by atoms with Crippen molar-refractivity contribution in [3.05, 3.63) is 101 Å². The summed E-state index contributed by atoms with van der Waals surface area (Å²) in [7, 11) is 0. The van der Waals surface area contributed by atoms with E-state index in [1.54, 1.807) is 17.5 Å². The lowest BCUT2D eigenvalue weighted by Crippen LogP contribution is -2.12. The molecule has 0 spiro atoms. The number of pyridine rings is 3. The molecule has 0 amide bonds. The van der Waals surface area contributed by atoms with Gasteiger partial charge in [-0.25, -0.2) is 9.97 Å². The molecule has 0 atom stereocenters. The second kappa shape index (κ2) is 9.86. The van der Waals surface area contributed by atoms with Crippen molar-refractivity contribution in [2.75, 3.05) is 0 Å². The first kappa shape index (κ1) is 23.4. The molecule has 7 rings (SSSR count). The van der Waals surface area contributed by atoms with Crippen molar-refractivity contribution >= 4 is 33.4 Å². The van der Waals surface area contributed by atoms with Crippen molar-refractivity contribution in [2.24, 2.45) is 0 Å². The van der Waals surface area contributed by atoms with Gasteiger partial charge < -0.3 is 10.3 Å². The van der Waals surface area contributed by atoms with Gasteiger partial charge in [0, 0.05) is 57.9 Å². The number of thiophene rings is 1. The number of nitrogens with zero attached hydrogens (tertiary/aromatic N) is 5. The summed E-state index contributed by atoms with van der Waals surface area (Å²) in [5.74, 6) is 0.665. The van der Waals surface area contributed by atoms with E-state index in [1.807, 2.05) is 36.8 Å². The Labute approximate surface area is 228 Å². The number of rotatable bonds is 7. The average Bonchev–Trinajstić information content (AvgIpc) is 3.71. The molecule has 8 nitrogen and oxygen atoms in total. The summed E-state index contributed by atoms with van der Waals surface area (Å²) in [5, 5.41) is 12.1. The highest BCUT2D eigenvalue weighted by atomic mass is 32.1. The number of hydrogen-bond donors (Lipinski definition) is 3. The third kappa shape index (κ3) is 4.58. The van der Waals surface area contributed by atoms with Crippen LogP contribution in [0.4, 0.5) is 0 Å². The van der Waals surface area contributed by atoms with Crippen LogP contribution < -0.4 is 5.32 Å². The normalized spacial score (nSPS) is 11.5. The van der Waals surface area contributed by atoms with Crippen LogP contribution in [-0.4, -0.2) is 35.1 Å². The van der Waals surface area contributed by atoms with E-state index in [4.69, 9.17) is 4.98 Å². The summed E-state index contributed by atoms with van der Waals surface area (Å²) in [6.45, 7) is 3.62. The average molecular weight is 529 g/mol. The molecule has 7 aromatic rings. The van der Waals surface area contributed by atoms with Crippen LogP contribution in [-0.2, 0) is 13.1 Å². The zero-order chi connectivity index (χ0) is 26.2. The van der Waals surface area contributed by atoms with Crippen LogP contribution in [0, 0.1) is 6.92 Å². The molecule has 39 heavy (non-hydrogen) atoms. The van der Waals surface area contributed by atoms with Crippen molar-refractivity contribution < 1.29 is 0 Å². The summed E-state index contributed by atoms with van der Waals surface area (Å²) < 4.78 is 0. The molecule has 6 aromatic heterocycles. The van der Waals surface area contributed by atoms with Gasteiger partial charge in [-0.05, 0) is 48.4 Å². The number of imidazole rings is 1. The minimum absolute atomic E-state index is 0.665. The molecule has 9 heteroatoms. The minimum Gasteiger partial charge on any atom is -0.335 e. The van der Waals surface area contributed by atoms with Gasteiger partial charge >= 0.3 is 0 Å². The Balaban J connectivity index is 1.20. The van der Waals surface area contributed by atoms with Crippen molar-refractivity contribution in [2.45, 2.75) is 20.0 Å². The number of nitrogens with one attached hydrogen (secondary N) is 3. The lowest BCUT2D eigenvalue weighted by Gasteiger charge is -2.07. The predicted molar refractivity (Wildman–Crippen MR) is 155 cm³/mol. The molecule has 190 valence electrons. The van der Waals surface area contributed by atoms with E-state index in [-0.39, 0.29) is 0 Å². The molecule has 0 unspecified atom stereocenters. The van der Waals surface area contributed by atoms with Gasteiger partial charge in [0.05, 0.1) is 22.9 Å². The first-order valence-corrected chi connectivity index (χ1v) is 13.5. The number of aromatic amines is 2. The van der Waals surface area contributed by atoms with Crippen molar-refractivity contribution in [3.63, 3.8) is 0 Å². The van der Waals surface area contributed by atoms with E-state index in [2.05, 4.69) is 84.8 Å². The van der Waals surface area contributed by atoms with Gasteiger partial charge in [-0.2, -0.15) is 5.10 Å². The smallest absolute Gasteiger partial charge is 0.178 e. The van der Waals surface area contributed by atoms with Gasteiger partial charge in [-0.3, -0.25) is 15.1 Å². The Hall–Kier alpha value is -4.73. The maximum absolute atomic E-state index is 4.79. The Bertz CT molecular complexity index is 1920. The molecule has 0 aliphatic carbocycles. The monoisotopic (exact) mass is 528 g/mol. The van der Waals surface area contributed by atoms with E-state index in [9.17, 15) is 0 Å². The molecule has 0 saturated carbocycles. The van der Waals surface area contributed by atoms with Gasteiger partial charge in [0.25, 0.3) is 0 Å². The van der Waals surface area contributed by atoms with E-state index >= 15 is 0 Å². The van der Waals surface area contributed by atoms with E-state index in [0.29, 0.717) is 18.0 Å². The zero-order valence-electron chi connectivity index (χ0n) is 21.1. The topological polar surface area (TPSA) is 108 Å². The maximum Gasteiger partial charge on any atom is 0.178 e. The van der Waals surface area contributed by atoms with Crippen LogP contribution in [0.25, 0.3) is 55.3 Å². The molecule has 0 radical (unpaired) electrons.